The van der Waals surface area contributed by atoms with Crippen LogP contribution in [0.1, 0.15) is 35.3 Å². The van der Waals surface area contributed by atoms with Gasteiger partial charge >= 0.3 is 0 Å². The summed E-state index contributed by atoms with van der Waals surface area (Å²) in [6.07, 6.45) is 10.5. The van der Waals surface area contributed by atoms with Gasteiger partial charge in [-0.15, -0.1) is 0 Å². The molecule has 126 valence electrons. The Kier molecular flexibility index (Phi) is 3.84. The molecule has 2 aromatic heterocycles. The molecular formula is C18H23N5O. The molecule has 6 nitrogen and oxygen atoms in total. The highest BCUT2D eigenvalue weighted by Gasteiger charge is 2.48. The summed E-state index contributed by atoms with van der Waals surface area (Å²) >= 11 is 0. The second-order valence-corrected chi connectivity index (χ2v) is 7.27. The minimum Gasteiger partial charge on any atom is -0.349 e. The number of hydrogen-bond donors (Lipinski definition) is 1. The predicted octanol–water partition coefficient (Wildman–Crippen LogP) is 1.60. The van der Waals surface area contributed by atoms with E-state index < -0.39 is 0 Å². The van der Waals surface area contributed by atoms with Crippen LogP contribution in [-0.4, -0.2) is 44.5 Å². The fraction of sp³-hybridized carbons (Fsp3) is 0.500. The molecule has 1 saturated carbocycles. The lowest BCUT2D eigenvalue weighted by molar-refractivity contribution is 0.0693. The molecule has 1 saturated heterocycles. The summed E-state index contributed by atoms with van der Waals surface area (Å²) in [4.78, 5) is 22.9. The Hall–Kier alpha value is -2.21. The first-order chi connectivity index (χ1) is 11.6. The summed E-state index contributed by atoms with van der Waals surface area (Å²) < 4.78 is 2.09. The van der Waals surface area contributed by atoms with Crippen molar-refractivity contribution >= 4 is 5.91 Å². The number of carbonyl (C=O) groups excluding carboxylic acids is 1. The molecule has 1 aliphatic carbocycles. The fourth-order valence-electron chi connectivity index (χ4n) is 4.12. The zero-order chi connectivity index (χ0) is 16.6. The van der Waals surface area contributed by atoms with Gasteiger partial charge in [-0.25, -0.2) is 4.98 Å². The van der Waals surface area contributed by atoms with Crippen molar-refractivity contribution in [1.29, 1.82) is 0 Å². The van der Waals surface area contributed by atoms with Crippen LogP contribution in [0.2, 0.25) is 0 Å². The van der Waals surface area contributed by atoms with Crippen LogP contribution in [-0.2, 0) is 13.6 Å². The number of hydrogen-bond acceptors (Lipinski definition) is 4. The molecule has 3 heterocycles. The fourth-order valence-corrected chi connectivity index (χ4v) is 4.12. The van der Waals surface area contributed by atoms with Crippen LogP contribution in [0.4, 0.5) is 0 Å². The van der Waals surface area contributed by atoms with Gasteiger partial charge in [0.05, 0.1) is 12.0 Å². The number of rotatable bonds is 4. The highest BCUT2D eigenvalue weighted by Crippen LogP contribution is 2.48. The van der Waals surface area contributed by atoms with E-state index in [1.54, 1.807) is 24.5 Å². The van der Waals surface area contributed by atoms with Crippen molar-refractivity contribution in [3.8, 4) is 0 Å². The van der Waals surface area contributed by atoms with Crippen LogP contribution in [0.5, 0.6) is 0 Å². The molecule has 0 atom stereocenters. The lowest BCUT2D eigenvalue weighted by atomic mass is 9.65. The maximum absolute atomic E-state index is 12.2. The molecular weight excluding hydrogens is 302 g/mol. The third kappa shape index (κ3) is 2.94. The van der Waals surface area contributed by atoms with E-state index in [4.69, 9.17) is 0 Å². The zero-order valence-corrected chi connectivity index (χ0v) is 14.0. The molecule has 1 spiro atoms. The van der Waals surface area contributed by atoms with Crippen LogP contribution < -0.4 is 5.32 Å². The molecule has 0 aromatic carbocycles. The highest BCUT2D eigenvalue weighted by molar-refractivity contribution is 5.94. The minimum atomic E-state index is 0.0157. The first-order valence-corrected chi connectivity index (χ1v) is 8.52. The summed E-state index contributed by atoms with van der Waals surface area (Å²) in [5, 5.41) is 3.15. The van der Waals surface area contributed by atoms with Crippen LogP contribution >= 0.6 is 0 Å². The molecule has 0 radical (unpaired) electrons. The molecule has 1 aliphatic heterocycles. The second-order valence-electron chi connectivity index (χ2n) is 7.27. The first kappa shape index (κ1) is 15.3. The molecule has 1 N–H and O–H groups in total. The number of aryl methyl sites for hydroxylation is 1. The van der Waals surface area contributed by atoms with Crippen molar-refractivity contribution < 1.29 is 4.79 Å². The van der Waals surface area contributed by atoms with Gasteiger partial charge in [-0.3, -0.25) is 14.7 Å². The van der Waals surface area contributed by atoms with Gasteiger partial charge in [-0.2, -0.15) is 0 Å². The van der Waals surface area contributed by atoms with Crippen molar-refractivity contribution in [2.45, 2.75) is 31.8 Å². The number of nitrogens with one attached hydrogen (secondary N) is 1. The number of imidazole rings is 1. The Morgan fingerprint density at radius 3 is 2.83 bits per heavy atom. The predicted molar refractivity (Wildman–Crippen MR) is 90.3 cm³/mol. The Balaban J connectivity index is 1.28. The van der Waals surface area contributed by atoms with Crippen LogP contribution in [0.3, 0.4) is 0 Å². The van der Waals surface area contributed by atoms with E-state index in [1.165, 1.54) is 12.1 Å². The SMILES string of the molecule is Cn1cncc1CN1CCC2(CC(NC(=O)c3ccncc3)C2)C1. The Bertz CT molecular complexity index is 720. The molecule has 2 fully saturated rings. The summed E-state index contributed by atoms with van der Waals surface area (Å²) in [6, 6.07) is 3.83. The third-order valence-corrected chi connectivity index (χ3v) is 5.46. The van der Waals surface area contributed by atoms with E-state index >= 15 is 0 Å². The standard InChI is InChI=1S/C18H23N5O/c1-22-13-20-10-16(22)11-23-7-4-18(12-23)8-15(9-18)21-17(24)14-2-5-19-6-3-14/h2-3,5-6,10,13,15H,4,7-9,11-12H2,1H3,(H,21,24). The van der Waals surface area contributed by atoms with E-state index in [1.807, 2.05) is 19.6 Å². The van der Waals surface area contributed by atoms with Gasteiger partial charge < -0.3 is 9.88 Å². The topological polar surface area (TPSA) is 63.1 Å². The molecule has 4 rings (SSSR count). The van der Waals surface area contributed by atoms with Gasteiger partial charge in [0, 0.05) is 50.3 Å². The quantitative estimate of drug-likeness (QED) is 0.927. The molecule has 0 bridgehead atoms. The van der Waals surface area contributed by atoms with Gasteiger partial charge in [0.25, 0.3) is 5.91 Å². The maximum Gasteiger partial charge on any atom is 0.251 e. The summed E-state index contributed by atoms with van der Waals surface area (Å²) in [7, 11) is 2.04. The van der Waals surface area contributed by atoms with Crippen molar-refractivity contribution in [3.05, 3.63) is 48.3 Å². The number of nitrogens with zero attached hydrogens (tertiary/aromatic N) is 4. The molecule has 2 aliphatic rings. The molecule has 6 heteroatoms. The lowest BCUT2D eigenvalue weighted by Gasteiger charge is -2.45. The second kappa shape index (κ2) is 6.02. The van der Waals surface area contributed by atoms with E-state index in [-0.39, 0.29) is 5.91 Å². The van der Waals surface area contributed by atoms with Crippen LogP contribution in [0.15, 0.2) is 37.1 Å². The minimum absolute atomic E-state index is 0.0157. The Morgan fingerprint density at radius 2 is 2.12 bits per heavy atom. The maximum atomic E-state index is 12.2. The highest BCUT2D eigenvalue weighted by atomic mass is 16.1. The van der Waals surface area contributed by atoms with Crippen LogP contribution in [0.25, 0.3) is 0 Å². The summed E-state index contributed by atoms with van der Waals surface area (Å²) in [6.45, 7) is 3.22. The lowest BCUT2D eigenvalue weighted by Crippen LogP contribution is -2.51. The average Bonchev–Trinajstić information content (AvgIpc) is 3.15. The van der Waals surface area contributed by atoms with Gasteiger partial charge in [0.15, 0.2) is 0 Å². The summed E-state index contributed by atoms with van der Waals surface area (Å²) in [5.41, 5.74) is 2.35. The average molecular weight is 325 g/mol. The number of amides is 1. The largest absolute Gasteiger partial charge is 0.349 e. The van der Waals surface area contributed by atoms with Gasteiger partial charge in [-0.05, 0) is 43.4 Å². The molecule has 2 aromatic rings. The van der Waals surface area contributed by atoms with Crippen molar-refractivity contribution in [2.24, 2.45) is 12.5 Å². The summed E-state index contributed by atoms with van der Waals surface area (Å²) in [5.74, 6) is 0.0157. The third-order valence-electron chi connectivity index (χ3n) is 5.46. The molecule has 0 unspecified atom stereocenters. The van der Waals surface area contributed by atoms with Gasteiger partial charge in [-0.1, -0.05) is 0 Å². The van der Waals surface area contributed by atoms with Crippen molar-refractivity contribution in [3.63, 3.8) is 0 Å². The number of likely N-dealkylation sites (tertiary alicyclic amines) is 1. The van der Waals surface area contributed by atoms with Gasteiger partial charge in [0.2, 0.25) is 0 Å². The normalized spacial score (nSPS) is 26.5. The van der Waals surface area contributed by atoms with E-state index in [9.17, 15) is 4.79 Å². The smallest absolute Gasteiger partial charge is 0.251 e. The zero-order valence-electron chi connectivity index (χ0n) is 14.0. The van der Waals surface area contributed by atoms with Crippen LogP contribution in [0, 0.1) is 5.41 Å². The van der Waals surface area contributed by atoms with E-state index in [0.29, 0.717) is 17.0 Å². The number of pyridine rings is 1. The number of aromatic nitrogens is 3. The molecule has 24 heavy (non-hydrogen) atoms. The van der Waals surface area contributed by atoms with E-state index in [2.05, 4.69) is 24.8 Å². The number of carbonyl (C=O) groups is 1. The van der Waals surface area contributed by atoms with Crippen molar-refractivity contribution in [1.82, 2.24) is 24.8 Å². The van der Waals surface area contributed by atoms with E-state index in [0.717, 1.165) is 32.5 Å². The van der Waals surface area contributed by atoms with Gasteiger partial charge in [0.1, 0.15) is 0 Å². The first-order valence-electron chi connectivity index (χ1n) is 8.52. The Labute approximate surface area is 141 Å². The van der Waals surface area contributed by atoms with Crippen molar-refractivity contribution in [2.75, 3.05) is 13.1 Å². The Morgan fingerprint density at radius 1 is 1.33 bits per heavy atom. The monoisotopic (exact) mass is 325 g/mol. The molecule has 1 amide bonds.